The first-order valence-electron chi connectivity index (χ1n) is 4.18. The summed E-state index contributed by atoms with van der Waals surface area (Å²) in [6.45, 7) is 0. The van der Waals surface area contributed by atoms with Gasteiger partial charge in [0.2, 0.25) is 0 Å². The molecule has 5 heteroatoms. The van der Waals surface area contributed by atoms with Gasteiger partial charge in [0, 0.05) is 17.8 Å². The number of alkyl halides is 3. The molecule has 1 aromatic rings. The first-order chi connectivity index (χ1) is 6.47. The van der Waals surface area contributed by atoms with Crippen LogP contribution in [0.4, 0.5) is 24.5 Å². The maximum Gasteiger partial charge on any atom is 0.408 e. The van der Waals surface area contributed by atoms with Gasteiger partial charge in [0.15, 0.2) is 0 Å². The summed E-state index contributed by atoms with van der Waals surface area (Å²) in [5, 5.41) is 2.42. The summed E-state index contributed by atoms with van der Waals surface area (Å²) >= 11 is 0. The molecule has 1 heterocycles. The lowest BCUT2D eigenvalue weighted by Crippen LogP contribution is -2.34. The number of rotatable bonds is 0. The van der Waals surface area contributed by atoms with Crippen molar-refractivity contribution >= 4 is 11.4 Å². The Hall–Kier alpha value is -1.39. The normalized spacial score (nSPS) is 20.4. The van der Waals surface area contributed by atoms with Crippen molar-refractivity contribution in [2.24, 2.45) is 0 Å². The van der Waals surface area contributed by atoms with E-state index in [0.717, 1.165) is 0 Å². The topological polar surface area (TPSA) is 38.0 Å². The van der Waals surface area contributed by atoms with Gasteiger partial charge < -0.3 is 11.1 Å². The van der Waals surface area contributed by atoms with E-state index in [-0.39, 0.29) is 6.42 Å². The molecule has 0 aromatic heterocycles. The number of nitrogen functional groups attached to an aromatic ring is 1. The van der Waals surface area contributed by atoms with Crippen LogP contribution in [0.5, 0.6) is 0 Å². The van der Waals surface area contributed by atoms with Crippen LogP contribution in [0.25, 0.3) is 0 Å². The number of fused-ring (bicyclic) bond motifs is 1. The van der Waals surface area contributed by atoms with Gasteiger partial charge in [-0.05, 0) is 23.8 Å². The van der Waals surface area contributed by atoms with Crippen LogP contribution in [0.2, 0.25) is 0 Å². The Kier molecular flexibility index (Phi) is 1.83. The zero-order valence-corrected chi connectivity index (χ0v) is 7.23. The lowest BCUT2D eigenvalue weighted by atomic mass is 10.1. The van der Waals surface area contributed by atoms with Gasteiger partial charge in [-0.25, -0.2) is 0 Å². The fourth-order valence-electron chi connectivity index (χ4n) is 1.58. The van der Waals surface area contributed by atoms with Crippen LogP contribution < -0.4 is 11.1 Å². The number of anilines is 2. The molecule has 3 N–H and O–H groups in total. The van der Waals surface area contributed by atoms with Crippen molar-refractivity contribution in [3.05, 3.63) is 23.8 Å². The predicted molar refractivity (Wildman–Crippen MR) is 48.0 cm³/mol. The molecule has 2 nitrogen and oxygen atoms in total. The molecule has 76 valence electrons. The third-order valence-electron chi connectivity index (χ3n) is 2.28. The maximum atomic E-state index is 12.3. The van der Waals surface area contributed by atoms with E-state index in [1.54, 1.807) is 18.2 Å². The molecule has 0 fully saturated rings. The molecule has 0 radical (unpaired) electrons. The van der Waals surface area contributed by atoms with Gasteiger partial charge in [-0.2, -0.15) is 13.2 Å². The SMILES string of the molecule is Nc1ccc2c(c1)C[C@@H](C(F)(F)F)N2. The van der Waals surface area contributed by atoms with Crippen molar-refractivity contribution < 1.29 is 13.2 Å². The molecule has 0 aliphatic carbocycles. The molecule has 0 saturated heterocycles. The number of hydrogen-bond acceptors (Lipinski definition) is 2. The lowest BCUT2D eigenvalue weighted by Gasteiger charge is -2.14. The van der Waals surface area contributed by atoms with E-state index in [0.29, 0.717) is 16.9 Å². The standard InChI is InChI=1S/C9H9F3N2/c10-9(11,12)8-4-5-3-6(13)1-2-7(5)14-8/h1-3,8,14H,4,13H2/t8-/m0/s1. The monoisotopic (exact) mass is 202 g/mol. The second-order valence-corrected chi connectivity index (χ2v) is 3.36. The van der Waals surface area contributed by atoms with Crippen LogP contribution in [0.1, 0.15) is 5.56 Å². The predicted octanol–water partition coefficient (Wildman–Crippen LogP) is 2.17. The Morgan fingerprint density at radius 2 is 2.07 bits per heavy atom. The number of benzene rings is 1. The highest BCUT2D eigenvalue weighted by atomic mass is 19.4. The first kappa shape index (κ1) is 9.18. The van der Waals surface area contributed by atoms with Gasteiger partial charge in [0.1, 0.15) is 6.04 Å². The van der Waals surface area contributed by atoms with Crippen molar-refractivity contribution in [2.75, 3.05) is 11.1 Å². The molecule has 0 amide bonds. The Morgan fingerprint density at radius 1 is 1.36 bits per heavy atom. The van der Waals surface area contributed by atoms with Gasteiger partial charge in [0.05, 0.1) is 0 Å². The molecule has 2 rings (SSSR count). The molecule has 0 spiro atoms. The van der Waals surface area contributed by atoms with E-state index in [9.17, 15) is 13.2 Å². The van der Waals surface area contributed by atoms with Gasteiger partial charge in [-0.15, -0.1) is 0 Å². The molecule has 0 saturated carbocycles. The number of nitrogens with two attached hydrogens (primary N) is 1. The first-order valence-corrected chi connectivity index (χ1v) is 4.18. The Bertz CT molecular complexity index is 360. The minimum absolute atomic E-state index is 0.0378. The second kappa shape index (κ2) is 2.80. The van der Waals surface area contributed by atoms with Crippen LogP contribution in [0.15, 0.2) is 18.2 Å². The lowest BCUT2D eigenvalue weighted by molar-refractivity contribution is -0.140. The maximum absolute atomic E-state index is 12.3. The highest BCUT2D eigenvalue weighted by Gasteiger charge is 2.42. The molecular weight excluding hydrogens is 193 g/mol. The summed E-state index contributed by atoms with van der Waals surface area (Å²) in [5.74, 6) is 0. The quantitative estimate of drug-likeness (QED) is 0.633. The molecule has 14 heavy (non-hydrogen) atoms. The molecule has 1 aliphatic heterocycles. The highest BCUT2D eigenvalue weighted by molar-refractivity contribution is 5.62. The number of halogens is 3. The molecule has 0 unspecified atom stereocenters. The third kappa shape index (κ3) is 1.49. The molecule has 1 aromatic carbocycles. The van der Waals surface area contributed by atoms with E-state index in [2.05, 4.69) is 5.32 Å². The fourth-order valence-corrected chi connectivity index (χ4v) is 1.58. The van der Waals surface area contributed by atoms with Crippen LogP contribution in [0, 0.1) is 0 Å². The van der Waals surface area contributed by atoms with Crippen LogP contribution in [-0.4, -0.2) is 12.2 Å². The molecular formula is C9H9F3N2. The van der Waals surface area contributed by atoms with Crippen molar-refractivity contribution in [2.45, 2.75) is 18.6 Å². The van der Waals surface area contributed by atoms with Crippen LogP contribution >= 0.6 is 0 Å². The summed E-state index contributed by atoms with van der Waals surface area (Å²) in [7, 11) is 0. The van der Waals surface area contributed by atoms with Gasteiger partial charge in [-0.1, -0.05) is 0 Å². The average Bonchev–Trinajstić information content (AvgIpc) is 2.45. The van der Waals surface area contributed by atoms with E-state index in [4.69, 9.17) is 5.73 Å². The van der Waals surface area contributed by atoms with Crippen molar-refractivity contribution in [3.63, 3.8) is 0 Å². The molecule has 0 bridgehead atoms. The minimum Gasteiger partial charge on any atom is -0.399 e. The minimum atomic E-state index is -4.20. The highest BCUT2D eigenvalue weighted by Crippen LogP contribution is 2.34. The zero-order chi connectivity index (χ0) is 10.3. The van der Waals surface area contributed by atoms with Crippen molar-refractivity contribution in [1.82, 2.24) is 0 Å². The summed E-state index contributed by atoms with van der Waals surface area (Å²) < 4.78 is 37.0. The Balaban J connectivity index is 2.26. The Morgan fingerprint density at radius 3 is 2.71 bits per heavy atom. The number of hydrogen-bond donors (Lipinski definition) is 2. The van der Waals surface area contributed by atoms with Gasteiger partial charge >= 0.3 is 6.18 Å². The zero-order valence-electron chi connectivity index (χ0n) is 7.23. The van der Waals surface area contributed by atoms with E-state index >= 15 is 0 Å². The van der Waals surface area contributed by atoms with E-state index < -0.39 is 12.2 Å². The summed E-state index contributed by atoms with van der Waals surface area (Å²) in [5.41, 5.74) is 7.13. The van der Waals surface area contributed by atoms with E-state index in [1.165, 1.54) is 0 Å². The second-order valence-electron chi connectivity index (χ2n) is 3.36. The largest absolute Gasteiger partial charge is 0.408 e. The van der Waals surface area contributed by atoms with Gasteiger partial charge in [0.25, 0.3) is 0 Å². The van der Waals surface area contributed by atoms with Crippen LogP contribution in [-0.2, 0) is 6.42 Å². The Labute approximate surface area is 78.9 Å². The third-order valence-corrected chi connectivity index (χ3v) is 2.28. The van der Waals surface area contributed by atoms with Crippen LogP contribution in [0.3, 0.4) is 0 Å². The van der Waals surface area contributed by atoms with Crippen molar-refractivity contribution in [3.8, 4) is 0 Å². The summed E-state index contributed by atoms with van der Waals surface area (Å²) in [4.78, 5) is 0. The van der Waals surface area contributed by atoms with Crippen molar-refractivity contribution in [1.29, 1.82) is 0 Å². The molecule has 1 aliphatic rings. The average molecular weight is 202 g/mol. The number of nitrogens with one attached hydrogen (secondary N) is 1. The van der Waals surface area contributed by atoms with Gasteiger partial charge in [-0.3, -0.25) is 0 Å². The molecule has 1 atom stereocenters. The summed E-state index contributed by atoms with van der Waals surface area (Å²) in [6, 6.07) is 3.27. The fraction of sp³-hybridized carbons (Fsp3) is 0.333. The van der Waals surface area contributed by atoms with E-state index in [1.807, 2.05) is 0 Å². The summed E-state index contributed by atoms with van der Waals surface area (Å²) in [6.07, 6.45) is -4.24. The smallest absolute Gasteiger partial charge is 0.399 e.